The lowest BCUT2D eigenvalue weighted by Gasteiger charge is -2.20. The summed E-state index contributed by atoms with van der Waals surface area (Å²) < 4.78 is 22.4. The van der Waals surface area contributed by atoms with E-state index >= 15 is 0 Å². The minimum atomic E-state index is -2.83. The van der Waals surface area contributed by atoms with E-state index < -0.39 is 20.6 Å². The van der Waals surface area contributed by atoms with Gasteiger partial charge >= 0.3 is 5.69 Å². The zero-order chi connectivity index (χ0) is 21.0. The summed E-state index contributed by atoms with van der Waals surface area (Å²) in [5.41, 5.74) is 0.0294. The molecule has 1 atom stereocenters. The molecule has 154 valence electrons. The molecule has 2 heterocycles. The Hall–Kier alpha value is -2.72. The van der Waals surface area contributed by atoms with Crippen LogP contribution in [0.3, 0.4) is 0 Å². The van der Waals surface area contributed by atoms with Gasteiger partial charge in [0.25, 0.3) is 5.91 Å². The van der Waals surface area contributed by atoms with E-state index in [1.54, 1.807) is 29.2 Å². The molecule has 1 aromatic heterocycles. The van der Waals surface area contributed by atoms with E-state index in [4.69, 9.17) is 16.3 Å². The summed E-state index contributed by atoms with van der Waals surface area (Å²) in [6.07, 6.45) is 1.78. The minimum Gasteiger partial charge on any atom is -0.496 e. The van der Waals surface area contributed by atoms with Gasteiger partial charge in [-0.1, -0.05) is 23.7 Å². The van der Waals surface area contributed by atoms with Crippen molar-refractivity contribution in [3.05, 3.63) is 57.2 Å². The topological polar surface area (TPSA) is 115 Å². The average Bonchev–Trinajstić information content (AvgIpc) is 2.89. The maximum Gasteiger partial charge on any atom is 0.313 e. The third-order valence-electron chi connectivity index (χ3n) is 4.47. The van der Waals surface area contributed by atoms with Gasteiger partial charge in [-0.25, -0.2) is 9.19 Å². The highest BCUT2D eigenvalue weighted by molar-refractivity contribution is 7.93. The number of ether oxygens (including phenoxy) is 1. The van der Waals surface area contributed by atoms with E-state index in [-0.39, 0.29) is 40.1 Å². The first kappa shape index (κ1) is 21.0. The van der Waals surface area contributed by atoms with Gasteiger partial charge in [-0.15, -0.1) is 0 Å². The van der Waals surface area contributed by atoms with E-state index in [1.165, 1.54) is 19.4 Å². The molecule has 0 N–H and O–H groups in total. The smallest absolute Gasteiger partial charge is 0.313 e. The van der Waals surface area contributed by atoms with Gasteiger partial charge in [0.2, 0.25) is 5.82 Å². The molecule has 2 aromatic rings. The first-order valence-electron chi connectivity index (χ1n) is 8.78. The van der Waals surface area contributed by atoms with Gasteiger partial charge in [0.15, 0.2) is 0 Å². The highest BCUT2D eigenvalue weighted by Crippen LogP contribution is 2.29. The summed E-state index contributed by atoms with van der Waals surface area (Å²) in [7, 11) is -1.38. The number of nitrogens with zero attached hydrogens (tertiary/aromatic N) is 4. The number of aromatic nitrogens is 1. The van der Waals surface area contributed by atoms with Crippen molar-refractivity contribution >= 4 is 38.7 Å². The molecule has 0 spiro atoms. The molecule has 1 saturated heterocycles. The fraction of sp³-hybridized carbons (Fsp3) is 0.333. The summed E-state index contributed by atoms with van der Waals surface area (Å²) in [4.78, 5) is 29.2. The Morgan fingerprint density at radius 3 is 2.83 bits per heavy atom. The second kappa shape index (κ2) is 8.75. The SMILES string of the molecule is COc1ccccc1C(=O)N=S1(=O)CCCN(c2ncc(Cl)cc2[N+](=O)[O-])CC1. The summed E-state index contributed by atoms with van der Waals surface area (Å²) in [5.74, 6) is 0.234. The Kier molecular flexibility index (Phi) is 6.33. The maximum atomic E-state index is 13.2. The number of rotatable bonds is 4. The van der Waals surface area contributed by atoms with Crippen molar-refractivity contribution in [1.82, 2.24) is 4.98 Å². The van der Waals surface area contributed by atoms with Crippen molar-refractivity contribution in [2.45, 2.75) is 6.42 Å². The molecule has 1 aromatic carbocycles. The number of anilines is 1. The molecule has 1 aliphatic rings. The van der Waals surface area contributed by atoms with Crippen LogP contribution >= 0.6 is 11.6 Å². The molecule has 0 saturated carbocycles. The summed E-state index contributed by atoms with van der Waals surface area (Å²) in [6, 6.07) is 7.85. The van der Waals surface area contributed by atoms with Gasteiger partial charge in [-0.3, -0.25) is 14.9 Å². The molecule has 1 amide bonds. The quantitative estimate of drug-likeness (QED) is 0.531. The van der Waals surface area contributed by atoms with Crippen molar-refractivity contribution in [3.63, 3.8) is 0 Å². The Bertz CT molecular complexity index is 1070. The van der Waals surface area contributed by atoms with Crippen LogP contribution in [0.15, 0.2) is 40.9 Å². The number of pyridine rings is 1. The lowest BCUT2D eigenvalue weighted by atomic mass is 10.2. The Labute approximate surface area is 173 Å². The first-order valence-corrected chi connectivity index (χ1v) is 11.0. The van der Waals surface area contributed by atoms with Crippen molar-refractivity contribution in [2.24, 2.45) is 4.36 Å². The van der Waals surface area contributed by atoms with E-state index in [0.29, 0.717) is 18.7 Å². The second-order valence-electron chi connectivity index (χ2n) is 6.37. The van der Waals surface area contributed by atoms with E-state index in [0.717, 1.165) is 0 Å². The van der Waals surface area contributed by atoms with Crippen LogP contribution in [0, 0.1) is 10.1 Å². The van der Waals surface area contributed by atoms with Gasteiger partial charge in [-0.05, 0) is 18.6 Å². The van der Waals surface area contributed by atoms with Crippen molar-refractivity contribution in [1.29, 1.82) is 0 Å². The Balaban J connectivity index is 1.86. The Morgan fingerprint density at radius 1 is 1.34 bits per heavy atom. The standard InChI is InChI=1S/C18H19ClN4O5S/c1-28-16-6-3-2-5-14(16)18(24)21-29(27)9-4-7-22(8-10-29)17-15(23(25)26)11-13(19)12-20-17/h2-3,5-6,11-12H,4,7-10H2,1H3. The molecule has 29 heavy (non-hydrogen) atoms. The molecule has 1 unspecified atom stereocenters. The average molecular weight is 439 g/mol. The molecule has 1 aliphatic heterocycles. The minimum absolute atomic E-state index is 0.0926. The normalized spacial score (nSPS) is 19.3. The van der Waals surface area contributed by atoms with Crippen LogP contribution in [-0.4, -0.2) is 51.7 Å². The fourth-order valence-corrected chi connectivity index (χ4v) is 5.10. The van der Waals surface area contributed by atoms with Crippen molar-refractivity contribution in [2.75, 3.05) is 36.6 Å². The second-order valence-corrected chi connectivity index (χ2v) is 9.35. The van der Waals surface area contributed by atoms with Crippen LogP contribution in [0.5, 0.6) is 5.75 Å². The van der Waals surface area contributed by atoms with Crippen LogP contribution in [0.1, 0.15) is 16.8 Å². The van der Waals surface area contributed by atoms with Crippen LogP contribution in [-0.2, 0) is 9.73 Å². The monoisotopic (exact) mass is 438 g/mol. The number of methoxy groups -OCH3 is 1. The van der Waals surface area contributed by atoms with Gasteiger partial charge in [0.05, 0.1) is 32.3 Å². The van der Waals surface area contributed by atoms with Crippen LogP contribution in [0.25, 0.3) is 0 Å². The van der Waals surface area contributed by atoms with Crippen LogP contribution in [0.4, 0.5) is 11.5 Å². The predicted molar refractivity (Wildman–Crippen MR) is 110 cm³/mol. The molecular weight excluding hydrogens is 420 g/mol. The lowest BCUT2D eigenvalue weighted by molar-refractivity contribution is -0.384. The zero-order valence-electron chi connectivity index (χ0n) is 15.6. The van der Waals surface area contributed by atoms with Gasteiger partial charge in [0, 0.05) is 36.9 Å². The molecule has 3 rings (SSSR count). The number of benzene rings is 1. The Morgan fingerprint density at radius 2 is 2.10 bits per heavy atom. The van der Waals surface area contributed by atoms with Gasteiger partial charge in [0.1, 0.15) is 5.75 Å². The molecule has 0 radical (unpaired) electrons. The predicted octanol–water partition coefficient (Wildman–Crippen LogP) is 3.17. The molecular formula is C18H19ClN4O5S. The van der Waals surface area contributed by atoms with Gasteiger partial charge < -0.3 is 9.64 Å². The number of halogens is 1. The molecule has 1 fully saturated rings. The van der Waals surface area contributed by atoms with E-state index in [1.807, 2.05) is 0 Å². The molecule has 9 nitrogen and oxygen atoms in total. The third-order valence-corrected chi connectivity index (χ3v) is 6.92. The number of hydrogen-bond acceptors (Lipinski definition) is 7. The number of amides is 1. The lowest BCUT2D eigenvalue weighted by Crippen LogP contribution is -2.28. The molecule has 11 heteroatoms. The van der Waals surface area contributed by atoms with Gasteiger partial charge in [-0.2, -0.15) is 4.36 Å². The molecule has 0 aliphatic carbocycles. The summed E-state index contributed by atoms with van der Waals surface area (Å²) in [5, 5.41) is 11.5. The largest absolute Gasteiger partial charge is 0.496 e. The number of nitro groups is 1. The van der Waals surface area contributed by atoms with E-state index in [9.17, 15) is 19.1 Å². The van der Waals surface area contributed by atoms with Crippen LogP contribution in [0.2, 0.25) is 5.02 Å². The van der Waals surface area contributed by atoms with Crippen molar-refractivity contribution in [3.8, 4) is 5.75 Å². The molecule has 0 bridgehead atoms. The number of para-hydroxylation sites is 1. The zero-order valence-corrected chi connectivity index (χ0v) is 17.2. The van der Waals surface area contributed by atoms with Crippen LogP contribution < -0.4 is 9.64 Å². The summed E-state index contributed by atoms with van der Waals surface area (Å²) in [6.45, 7) is 0.627. The summed E-state index contributed by atoms with van der Waals surface area (Å²) >= 11 is 5.82. The number of carbonyl (C=O) groups is 1. The first-order chi connectivity index (χ1) is 13.8. The number of hydrogen-bond donors (Lipinski definition) is 0. The highest BCUT2D eigenvalue weighted by atomic mass is 35.5. The van der Waals surface area contributed by atoms with E-state index in [2.05, 4.69) is 9.35 Å². The maximum absolute atomic E-state index is 13.2. The third kappa shape index (κ3) is 4.83. The number of carbonyl (C=O) groups excluding carboxylic acids is 1. The fourth-order valence-electron chi connectivity index (χ4n) is 3.07. The highest BCUT2D eigenvalue weighted by Gasteiger charge is 2.26. The van der Waals surface area contributed by atoms with Crippen molar-refractivity contribution < 1.29 is 18.7 Å².